The van der Waals surface area contributed by atoms with Crippen molar-refractivity contribution in [2.24, 2.45) is 0 Å². The highest BCUT2D eigenvalue weighted by atomic mass is 32.2. The van der Waals surface area contributed by atoms with Gasteiger partial charge in [-0.1, -0.05) is 0 Å². The molecule has 0 aliphatic carbocycles. The Hall–Kier alpha value is -4.64. The molecule has 0 radical (unpaired) electrons. The van der Waals surface area contributed by atoms with Crippen molar-refractivity contribution in [1.82, 2.24) is 9.97 Å². The summed E-state index contributed by atoms with van der Waals surface area (Å²) in [4.78, 5) is 12.3. The zero-order chi connectivity index (χ0) is 36.7. The lowest BCUT2D eigenvalue weighted by Crippen LogP contribution is -2.61. The van der Waals surface area contributed by atoms with Crippen molar-refractivity contribution in [1.29, 1.82) is 0 Å². The summed E-state index contributed by atoms with van der Waals surface area (Å²) in [5.74, 6) is -0.0913. The molecule has 0 bridgehead atoms. The number of likely N-dealkylation sites (N-methyl/N-ethyl adjacent to an activating group) is 2. The molecule has 4 aromatic rings. The highest BCUT2D eigenvalue weighted by molar-refractivity contribution is 7.86. The quantitative estimate of drug-likeness (QED) is 0.108. The van der Waals surface area contributed by atoms with E-state index >= 15 is 0 Å². The molecule has 0 amide bonds. The van der Waals surface area contributed by atoms with E-state index < -0.39 is 26.1 Å². The molecule has 0 spiro atoms. The minimum atomic E-state index is -4.32. The summed E-state index contributed by atoms with van der Waals surface area (Å²) in [5, 5.41) is 0. The van der Waals surface area contributed by atoms with Gasteiger partial charge in [-0.2, -0.15) is 16.8 Å². The maximum absolute atomic E-state index is 12.8. The number of benzene rings is 2. The molecule has 0 aliphatic rings. The van der Waals surface area contributed by atoms with Gasteiger partial charge in [0.25, 0.3) is 20.2 Å². The molecule has 2 aromatic heterocycles. The minimum absolute atomic E-state index is 0.0610. The summed E-state index contributed by atoms with van der Waals surface area (Å²) >= 11 is 0. The third-order valence-electron chi connectivity index (χ3n) is 7.53. The number of hydrogen-bond acceptors (Lipinski definition) is 14. The van der Waals surface area contributed by atoms with Crippen LogP contribution in [0.2, 0.25) is 0 Å². The molecule has 16 heteroatoms. The van der Waals surface area contributed by atoms with E-state index in [1.54, 1.807) is 95.0 Å². The largest absolute Gasteiger partial charge is 0.497 e. The number of pyridine rings is 2. The van der Waals surface area contributed by atoms with Gasteiger partial charge in [0.05, 0.1) is 82.7 Å². The Bertz CT molecular complexity index is 1900. The SMILES string of the molecule is CCN(CC(OS(C)(=O)=O)(OS(C)(=O)=O)N(CC)c1ccc(-c2cc(OC)cc(OC)c2)nc1)c1ccc(-c2cc(OC)cc(OC)c2)nc1. The standard InChI is InChI=1S/C34H42N4O10S2/c1-9-37(26-11-13-32(35-21-26)24-15-28(43-3)19-29(16-24)44-4)23-34(47-49(7,39)40,48-50(8,41)42)38(10-2)27-12-14-33(36-22-27)25-17-30(45-5)20-31(18-25)46-6/h11-22H,9-10,23H2,1-8H3. The maximum atomic E-state index is 12.8. The van der Waals surface area contributed by atoms with E-state index in [0.717, 1.165) is 18.1 Å². The van der Waals surface area contributed by atoms with Crippen molar-refractivity contribution in [3.05, 3.63) is 73.1 Å². The summed E-state index contributed by atoms with van der Waals surface area (Å²) in [7, 11) is -2.45. The van der Waals surface area contributed by atoms with Crippen LogP contribution >= 0.6 is 0 Å². The number of aromatic nitrogens is 2. The van der Waals surface area contributed by atoms with E-state index in [2.05, 4.69) is 9.97 Å². The molecule has 4 rings (SSSR count). The monoisotopic (exact) mass is 730 g/mol. The van der Waals surface area contributed by atoms with Crippen molar-refractivity contribution < 1.29 is 44.1 Å². The van der Waals surface area contributed by atoms with Crippen molar-refractivity contribution in [3.63, 3.8) is 0 Å². The van der Waals surface area contributed by atoms with Crippen LogP contribution in [0.1, 0.15) is 13.8 Å². The van der Waals surface area contributed by atoms with Crippen LogP contribution in [0.15, 0.2) is 73.1 Å². The number of ether oxygens (including phenoxy) is 4. The Labute approximate surface area is 293 Å². The second-order valence-electron chi connectivity index (χ2n) is 11.1. The summed E-state index contributed by atoms with van der Waals surface area (Å²) in [5.41, 5.74) is 3.48. The van der Waals surface area contributed by atoms with E-state index in [1.165, 1.54) is 11.1 Å². The third kappa shape index (κ3) is 9.53. The Morgan fingerprint density at radius 2 is 1.00 bits per heavy atom. The van der Waals surface area contributed by atoms with Gasteiger partial charge >= 0.3 is 5.91 Å². The minimum Gasteiger partial charge on any atom is -0.497 e. The first-order valence-corrected chi connectivity index (χ1v) is 19.0. The average Bonchev–Trinajstić information content (AvgIpc) is 3.09. The molecule has 2 aromatic carbocycles. The van der Waals surface area contributed by atoms with Crippen LogP contribution in [-0.4, -0.2) is 93.3 Å². The number of methoxy groups -OCH3 is 4. The molecule has 0 saturated heterocycles. The number of hydrogen-bond donors (Lipinski definition) is 0. The van der Waals surface area contributed by atoms with E-state index in [1.807, 2.05) is 19.1 Å². The molecular formula is C34H42N4O10S2. The lowest BCUT2D eigenvalue weighted by atomic mass is 10.1. The first kappa shape index (κ1) is 38.2. The summed E-state index contributed by atoms with van der Waals surface area (Å²) in [6, 6.07) is 17.6. The van der Waals surface area contributed by atoms with Gasteiger partial charge in [0, 0.05) is 36.3 Å². The fourth-order valence-corrected chi connectivity index (χ4v) is 6.68. The van der Waals surface area contributed by atoms with Crippen molar-refractivity contribution in [2.45, 2.75) is 19.8 Å². The van der Waals surface area contributed by atoms with Crippen molar-refractivity contribution in [3.8, 4) is 45.5 Å². The van der Waals surface area contributed by atoms with Crippen LogP contribution in [0.5, 0.6) is 23.0 Å². The fraction of sp³-hybridized carbons (Fsp3) is 0.353. The van der Waals surface area contributed by atoms with Crippen LogP contribution in [0.4, 0.5) is 11.4 Å². The topological polar surface area (TPSA) is 156 Å². The predicted molar refractivity (Wildman–Crippen MR) is 191 cm³/mol. The number of rotatable bonds is 17. The second kappa shape index (κ2) is 15.9. The van der Waals surface area contributed by atoms with E-state index in [0.29, 0.717) is 57.9 Å². The summed E-state index contributed by atoms with van der Waals surface area (Å²) < 4.78 is 84.2. The van der Waals surface area contributed by atoms with Crippen LogP contribution in [-0.2, 0) is 28.6 Å². The van der Waals surface area contributed by atoms with Crippen LogP contribution in [0, 0.1) is 0 Å². The van der Waals surface area contributed by atoms with Crippen LogP contribution in [0.3, 0.4) is 0 Å². The maximum Gasteiger partial charge on any atom is 0.300 e. The molecule has 0 N–H and O–H groups in total. The molecular weight excluding hydrogens is 689 g/mol. The lowest BCUT2D eigenvalue weighted by Gasteiger charge is -2.44. The lowest BCUT2D eigenvalue weighted by molar-refractivity contribution is -0.0965. The smallest absolute Gasteiger partial charge is 0.300 e. The van der Waals surface area contributed by atoms with Gasteiger partial charge in [-0.15, -0.1) is 0 Å². The van der Waals surface area contributed by atoms with E-state index in [9.17, 15) is 16.8 Å². The Balaban J connectivity index is 1.78. The molecule has 2 heterocycles. The molecule has 14 nitrogen and oxygen atoms in total. The normalized spacial score (nSPS) is 11.9. The average molecular weight is 731 g/mol. The molecule has 0 saturated carbocycles. The summed E-state index contributed by atoms with van der Waals surface area (Å²) in [6.45, 7) is 3.51. The molecule has 0 fully saturated rings. The molecule has 270 valence electrons. The molecule has 0 unspecified atom stereocenters. The van der Waals surface area contributed by atoms with E-state index in [4.69, 9.17) is 27.3 Å². The predicted octanol–water partition coefficient (Wildman–Crippen LogP) is 4.80. The second-order valence-corrected chi connectivity index (χ2v) is 14.2. The highest BCUT2D eigenvalue weighted by Crippen LogP contribution is 2.35. The Kier molecular flexibility index (Phi) is 12.2. The first-order chi connectivity index (χ1) is 23.7. The van der Waals surface area contributed by atoms with Gasteiger partial charge in [0.1, 0.15) is 23.0 Å². The molecule has 0 atom stereocenters. The highest BCUT2D eigenvalue weighted by Gasteiger charge is 2.47. The van der Waals surface area contributed by atoms with Crippen molar-refractivity contribution in [2.75, 3.05) is 70.4 Å². The third-order valence-corrected chi connectivity index (χ3v) is 8.66. The van der Waals surface area contributed by atoms with Crippen LogP contribution in [0.25, 0.3) is 22.5 Å². The Morgan fingerprint density at radius 3 is 1.30 bits per heavy atom. The van der Waals surface area contributed by atoms with Gasteiger partial charge in [0.2, 0.25) is 0 Å². The van der Waals surface area contributed by atoms with Gasteiger partial charge < -0.3 is 28.7 Å². The number of anilines is 2. The van der Waals surface area contributed by atoms with Crippen LogP contribution < -0.4 is 28.7 Å². The first-order valence-electron chi connectivity index (χ1n) is 15.4. The molecule has 50 heavy (non-hydrogen) atoms. The number of nitrogens with zero attached hydrogens (tertiary/aromatic N) is 4. The van der Waals surface area contributed by atoms with Gasteiger partial charge in [0.15, 0.2) is 0 Å². The zero-order valence-electron chi connectivity index (χ0n) is 29.2. The molecule has 0 aliphatic heterocycles. The van der Waals surface area contributed by atoms with Gasteiger partial charge in [-0.25, -0.2) is 8.37 Å². The van der Waals surface area contributed by atoms with Gasteiger partial charge in [-0.05, 0) is 62.4 Å². The van der Waals surface area contributed by atoms with E-state index in [-0.39, 0.29) is 13.1 Å². The van der Waals surface area contributed by atoms with Crippen molar-refractivity contribution >= 4 is 31.6 Å². The summed E-state index contributed by atoms with van der Waals surface area (Å²) in [6.07, 6.45) is 4.72. The fourth-order valence-electron chi connectivity index (χ4n) is 5.33. The Morgan fingerprint density at radius 1 is 0.600 bits per heavy atom. The van der Waals surface area contributed by atoms with Gasteiger partial charge in [-0.3, -0.25) is 9.97 Å². The zero-order valence-corrected chi connectivity index (χ0v) is 30.9.